The lowest BCUT2D eigenvalue weighted by atomic mass is 10.3. The summed E-state index contributed by atoms with van der Waals surface area (Å²) < 4.78 is 0. The van der Waals surface area contributed by atoms with E-state index < -0.39 is 0 Å². The fourth-order valence-electron chi connectivity index (χ4n) is 1.81. The number of rotatable bonds is 7. The molecule has 1 rings (SSSR count). The summed E-state index contributed by atoms with van der Waals surface area (Å²) in [5.41, 5.74) is 0.965. The lowest BCUT2D eigenvalue weighted by Gasteiger charge is -2.24. The van der Waals surface area contributed by atoms with Crippen LogP contribution in [0.2, 0.25) is 0 Å². The molecule has 0 saturated carbocycles. The van der Waals surface area contributed by atoms with Gasteiger partial charge in [0.05, 0.1) is 6.54 Å². The van der Waals surface area contributed by atoms with Crippen LogP contribution in [0.3, 0.4) is 0 Å². The van der Waals surface area contributed by atoms with E-state index in [1.54, 1.807) is 0 Å². The number of hydrogen-bond acceptors (Lipinski definition) is 3. The Labute approximate surface area is 110 Å². The number of benzene rings is 1. The molecule has 0 aliphatic rings. The van der Waals surface area contributed by atoms with Crippen LogP contribution in [-0.4, -0.2) is 51.1 Å². The number of para-hydroxylation sites is 1. The Hall–Kier alpha value is -1.39. The van der Waals surface area contributed by atoms with Gasteiger partial charge in [0.15, 0.2) is 0 Å². The van der Waals surface area contributed by atoms with Gasteiger partial charge >= 0.3 is 0 Å². The third-order valence-corrected chi connectivity index (χ3v) is 2.83. The van der Waals surface area contributed by atoms with E-state index in [4.69, 9.17) is 0 Å². The Morgan fingerprint density at radius 2 is 1.94 bits per heavy atom. The lowest BCUT2D eigenvalue weighted by molar-refractivity contribution is -0.119. The Morgan fingerprint density at radius 1 is 1.28 bits per heavy atom. The third kappa shape index (κ3) is 4.47. The third-order valence-electron chi connectivity index (χ3n) is 2.83. The molecule has 1 amide bonds. The zero-order valence-electron chi connectivity index (χ0n) is 11.5. The second-order valence-electron chi connectivity index (χ2n) is 4.31. The van der Waals surface area contributed by atoms with Gasteiger partial charge in [0, 0.05) is 25.3 Å². The van der Waals surface area contributed by atoms with Gasteiger partial charge < -0.3 is 10.2 Å². The van der Waals surface area contributed by atoms with Gasteiger partial charge in [0.25, 0.3) is 0 Å². The van der Waals surface area contributed by atoms with Crippen LogP contribution in [0.5, 0.6) is 0 Å². The zero-order chi connectivity index (χ0) is 13.4. The Kier molecular flexibility index (Phi) is 6.39. The first-order chi connectivity index (χ1) is 8.69. The van der Waals surface area contributed by atoms with Crippen LogP contribution in [0.15, 0.2) is 30.3 Å². The number of likely N-dealkylation sites (N-methyl/N-ethyl adjacent to an activating group) is 3. The van der Waals surface area contributed by atoms with E-state index in [1.165, 1.54) is 0 Å². The second-order valence-corrected chi connectivity index (χ2v) is 4.31. The number of carbonyl (C=O) groups is 1. The Bertz CT molecular complexity index is 353. The first-order valence-electron chi connectivity index (χ1n) is 6.37. The predicted octanol–water partition coefficient (Wildman–Crippen LogP) is 1.19. The number of nitrogens with zero attached hydrogens (tertiary/aromatic N) is 2. The molecule has 1 N–H and O–H groups in total. The largest absolute Gasteiger partial charge is 0.318 e. The van der Waals surface area contributed by atoms with Gasteiger partial charge in [0.2, 0.25) is 5.91 Å². The van der Waals surface area contributed by atoms with Crippen molar-refractivity contribution < 1.29 is 4.79 Å². The molecule has 0 heterocycles. The van der Waals surface area contributed by atoms with E-state index in [2.05, 4.69) is 5.32 Å². The fourth-order valence-corrected chi connectivity index (χ4v) is 1.81. The van der Waals surface area contributed by atoms with Gasteiger partial charge in [-0.25, -0.2) is 0 Å². The van der Waals surface area contributed by atoms with Gasteiger partial charge in [-0.3, -0.25) is 9.69 Å². The first kappa shape index (κ1) is 14.7. The highest BCUT2D eigenvalue weighted by molar-refractivity contribution is 5.94. The van der Waals surface area contributed by atoms with Crippen molar-refractivity contribution >= 4 is 11.6 Å². The van der Waals surface area contributed by atoms with Gasteiger partial charge in [-0.1, -0.05) is 18.2 Å². The van der Waals surface area contributed by atoms with Crippen LogP contribution in [0.1, 0.15) is 6.92 Å². The molecule has 18 heavy (non-hydrogen) atoms. The lowest BCUT2D eigenvalue weighted by Crippen LogP contribution is -2.40. The maximum absolute atomic E-state index is 12.2. The van der Waals surface area contributed by atoms with Crippen molar-refractivity contribution in [2.75, 3.05) is 45.2 Å². The van der Waals surface area contributed by atoms with Crippen molar-refractivity contribution in [3.05, 3.63) is 30.3 Å². The van der Waals surface area contributed by atoms with Crippen molar-refractivity contribution in [3.63, 3.8) is 0 Å². The van der Waals surface area contributed by atoms with E-state index in [1.807, 2.05) is 61.2 Å². The molecule has 1 aromatic carbocycles. The maximum Gasteiger partial charge on any atom is 0.241 e. The molecule has 1 aromatic rings. The number of nitrogens with one attached hydrogen (secondary N) is 1. The van der Waals surface area contributed by atoms with Crippen molar-refractivity contribution in [1.29, 1.82) is 0 Å². The van der Waals surface area contributed by atoms with Crippen LogP contribution < -0.4 is 10.2 Å². The SMILES string of the molecule is CCN(C(=O)CN(C)CCNC)c1ccccc1. The molecule has 0 unspecified atom stereocenters. The topological polar surface area (TPSA) is 35.6 Å². The molecule has 0 radical (unpaired) electrons. The number of carbonyl (C=O) groups excluding carboxylic acids is 1. The summed E-state index contributed by atoms with van der Waals surface area (Å²) in [6, 6.07) is 9.80. The number of hydrogen-bond donors (Lipinski definition) is 1. The molecular weight excluding hydrogens is 226 g/mol. The van der Waals surface area contributed by atoms with Crippen LogP contribution in [0.4, 0.5) is 5.69 Å². The van der Waals surface area contributed by atoms with Gasteiger partial charge in [-0.05, 0) is 33.2 Å². The molecule has 0 aromatic heterocycles. The highest BCUT2D eigenvalue weighted by Crippen LogP contribution is 2.13. The molecule has 4 heteroatoms. The molecule has 0 aliphatic carbocycles. The van der Waals surface area contributed by atoms with Crippen LogP contribution in [0.25, 0.3) is 0 Å². The highest BCUT2D eigenvalue weighted by Gasteiger charge is 2.15. The van der Waals surface area contributed by atoms with E-state index >= 15 is 0 Å². The van der Waals surface area contributed by atoms with Crippen molar-refractivity contribution in [1.82, 2.24) is 10.2 Å². The van der Waals surface area contributed by atoms with E-state index in [0.717, 1.165) is 18.8 Å². The van der Waals surface area contributed by atoms with Crippen molar-refractivity contribution in [2.45, 2.75) is 6.92 Å². The smallest absolute Gasteiger partial charge is 0.241 e. The molecule has 0 atom stereocenters. The van der Waals surface area contributed by atoms with Gasteiger partial charge in [-0.2, -0.15) is 0 Å². The predicted molar refractivity (Wildman–Crippen MR) is 75.9 cm³/mol. The summed E-state index contributed by atoms with van der Waals surface area (Å²) in [4.78, 5) is 16.1. The summed E-state index contributed by atoms with van der Waals surface area (Å²) in [5, 5.41) is 3.08. The fraction of sp³-hybridized carbons (Fsp3) is 0.500. The van der Waals surface area contributed by atoms with Crippen molar-refractivity contribution in [3.8, 4) is 0 Å². The number of anilines is 1. The monoisotopic (exact) mass is 249 g/mol. The second kappa shape index (κ2) is 7.84. The summed E-state index contributed by atoms with van der Waals surface area (Å²) in [6.07, 6.45) is 0. The van der Waals surface area contributed by atoms with Crippen LogP contribution in [0, 0.1) is 0 Å². The average molecular weight is 249 g/mol. The molecule has 0 bridgehead atoms. The quantitative estimate of drug-likeness (QED) is 0.788. The first-order valence-corrected chi connectivity index (χ1v) is 6.37. The minimum Gasteiger partial charge on any atom is -0.318 e. The minimum absolute atomic E-state index is 0.141. The van der Waals surface area contributed by atoms with Gasteiger partial charge in [0.1, 0.15) is 0 Å². The van der Waals surface area contributed by atoms with Crippen LogP contribution >= 0.6 is 0 Å². The normalized spacial score (nSPS) is 10.7. The molecular formula is C14H23N3O. The van der Waals surface area contributed by atoms with Crippen LogP contribution in [-0.2, 0) is 4.79 Å². The summed E-state index contributed by atoms with van der Waals surface area (Å²) in [5.74, 6) is 0.141. The zero-order valence-corrected chi connectivity index (χ0v) is 11.5. The van der Waals surface area contributed by atoms with Gasteiger partial charge in [-0.15, -0.1) is 0 Å². The number of amides is 1. The molecule has 0 aliphatic heterocycles. The molecule has 0 spiro atoms. The summed E-state index contributed by atoms with van der Waals surface area (Å²) >= 11 is 0. The molecule has 4 nitrogen and oxygen atoms in total. The molecule has 100 valence electrons. The van der Waals surface area contributed by atoms with E-state index in [-0.39, 0.29) is 5.91 Å². The van der Waals surface area contributed by atoms with Crippen molar-refractivity contribution in [2.24, 2.45) is 0 Å². The van der Waals surface area contributed by atoms with E-state index in [0.29, 0.717) is 13.1 Å². The highest BCUT2D eigenvalue weighted by atomic mass is 16.2. The minimum atomic E-state index is 0.141. The molecule has 0 fully saturated rings. The Morgan fingerprint density at radius 3 is 2.50 bits per heavy atom. The van der Waals surface area contributed by atoms with E-state index in [9.17, 15) is 4.79 Å². The Balaban J connectivity index is 2.58. The maximum atomic E-state index is 12.2. The average Bonchev–Trinajstić information content (AvgIpc) is 2.38. The molecule has 0 saturated heterocycles. The summed E-state index contributed by atoms with van der Waals surface area (Å²) in [7, 11) is 3.88. The standard InChI is InChI=1S/C14H23N3O/c1-4-17(13-8-6-5-7-9-13)14(18)12-16(3)11-10-15-2/h5-9,15H,4,10-12H2,1-3H3. The summed E-state index contributed by atoms with van der Waals surface area (Å²) in [6.45, 7) is 4.90.